The first-order valence-corrected chi connectivity index (χ1v) is 9.54. The number of carbonyl (C=O) groups is 2. The lowest BCUT2D eigenvalue weighted by atomic mass is 10.1. The van der Waals surface area contributed by atoms with E-state index in [1.54, 1.807) is 18.2 Å². The van der Waals surface area contributed by atoms with Gasteiger partial charge in [0.1, 0.15) is 5.58 Å². The minimum Gasteiger partial charge on any atom is -0.492 e. The van der Waals surface area contributed by atoms with Crippen molar-refractivity contribution in [1.82, 2.24) is 9.71 Å². The molecule has 0 bridgehead atoms. The quantitative estimate of drug-likeness (QED) is 0.235. The first-order valence-electron chi connectivity index (χ1n) is 9.16. The zero-order valence-electron chi connectivity index (χ0n) is 16.4. The van der Waals surface area contributed by atoms with Crippen LogP contribution in [0.3, 0.4) is 0 Å². The average molecular weight is 459 g/mol. The fourth-order valence-electron chi connectivity index (χ4n) is 3.03. The Labute approximate surface area is 184 Å². The molecule has 4 aromatic rings. The Morgan fingerprint density at radius 2 is 1.84 bits per heavy atom. The highest BCUT2D eigenvalue weighted by molar-refractivity contribution is 6.33. The van der Waals surface area contributed by atoms with E-state index in [0.29, 0.717) is 21.5 Å². The van der Waals surface area contributed by atoms with Gasteiger partial charge in [-0.25, -0.2) is 9.59 Å². The van der Waals surface area contributed by atoms with Gasteiger partial charge in [0.25, 0.3) is 0 Å². The maximum absolute atomic E-state index is 12.5. The summed E-state index contributed by atoms with van der Waals surface area (Å²) in [6.07, 6.45) is -0.229. The number of ether oxygens (including phenoxy) is 1. The smallest absolute Gasteiger partial charge is 0.345 e. The van der Waals surface area contributed by atoms with Gasteiger partial charge in [-0.3, -0.25) is 4.79 Å². The number of benzene rings is 1. The Kier molecular flexibility index (Phi) is 5.37. The van der Waals surface area contributed by atoms with Crippen LogP contribution in [0.4, 0.5) is 0 Å². The van der Waals surface area contributed by atoms with Crippen LogP contribution < -0.4 is 15.2 Å². The molecule has 3 aromatic heterocycles. The molecule has 0 saturated carbocycles. The number of nitrogens with zero attached hydrogens (tertiary/aromatic N) is 1. The van der Waals surface area contributed by atoms with Gasteiger partial charge < -0.3 is 29.2 Å². The van der Waals surface area contributed by atoms with Crippen LogP contribution in [0, 0.1) is 0 Å². The molecule has 3 heterocycles. The van der Waals surface area contributed by atoms with Gasteiger partial charge in [0.2, 0.25) is 11.8 Å². The van der Waals surface area contributed by atoms with E-state index in [9.17, 15) is 24.6 Å². The van der Waals surface area contributed by atoms with Gasteiger partial charge in [-0.15, -0.1) is 4.73 Å². The van der Waals surface area contributed by atoms with E-state index in [-0.39, 0.29) is 28.3 Å². The fraction of sp³-hybridized carbons (Fsp3) is 0.0952. The second-order valence-corrected chi connectivity index (χ2v) is 7.15. The highest BCUT2D eigenvalue weighted by atomic mass is 35.5. The summed E-state index contributed by atoms with van der Waals surface area (Å²) in [4.78, 5) is 43.6. The van der Waals surface area contributed by atoms with E-state index in [0.717, 1.165) is 12.1 Å². The molecule has 0 fully saturated rings. The van der Waals surface area contributed by atoms with Gasteiger partial charge in [-0.05, 0) is 24.3 Å². The van der Waals surface area contributed by atoms with Crippen molar-refractivity contribution in [3.8, 4) is 28.8 Å². The molecule has 0 atom stereocenters. The molecule has 1 aromatic carbocycles. The Balaban J connectivity index is 1.58. The molecule has 164 valence electrons. The number of esters is 1. The molecule has 0 amide bonds. The highest BCUT2D eigenvalue weighted by Gasteiger charge is 2.16. The number of fused-ring (bicyclic) bond motifs is 1. The number of H-pyrrole nitrogens is 1. The van der Waals surface area contributed by atoms with Crippen molar-refractivity contribution in [2.24, 2.45) is 0 Å². The summed E-state index contributed by atoms with van der Waals surface area (Å²) in [5, 5.41) is 19.7. The Bertz CT molecular complexity index is 1400. The molecule has 0 radical (unpaired) electrons. The first kappa shape index (κ1) is 21.1. The molecule has 3 N–H and O–H groups in total. The lowest BCUT2D eigenvalue weighted by Gasteiger charge is -2.07. The van der Waals surface area contributed by atoms with E-state index >= 15 is 0 Å². The van der Waals surface area contributed by atoms with E-state index in [4.69, 9.17) is 25.6 Å². The predicted octanol–water partition coefficient (Wildman–Crippen LogP) is 2.78. The topological polar surface area (TPSA) is 144 Å². The van der Waals surface area contributed by atoms with Crippen LogP contribution in [0.15, 0.2) is 51.7 Å². The highest BCUT2D eigenvalue weighted by Crippen LogP contribution is 2.31. The van der Waals surface area contributed by atoms with Crippen LogP contribution in [-0.2, 0) is 16.0 Å². The van der Waals surface area contributed by atoms with Gasteiger partial charge in [-0.1, -0.05) is 11.6 Å². The van der Waals surface area contributed by atoms with Crippen LogP contribution in [0.1, 0.15) is 12.6 Å². The van der Waals surface area contributed by atoms with E-state index in [2.05, 4.69) is 4.98 Å². The number of carbonyl (C=O) groups excluding carboxylic acids is 2. The van der Waals surface area contributed by atoms with Crippen molar-refractivity contribution in [2.75, 3.05) is 0 Å². The summed E-state index contributed by atoms with van der Waals surface area (Å²) in [7, 11) is 0. The summed E-state index contributed by atoms with van der Waals surface area (Å²) in [5.41, 5.74) is 0.510. The van der Waals surface area contributed by atoms with Crippen molar-refractivity contribution < 1.29 is 33.8 Å². The number of nitrogens with one attached hydrogen (secondary N) is 1. The normalized spacial score (nSPS) is 10.9. The molecule has 10 nitrogen and oxygen atoms in total. The van der Waals surface area contributed by atoms with Gasteiger partial charge in [0, 0.05) is 36.2 Å². The van der Waals surface area contributed by atoms with E-state index in [1.165, 1.54) is 19.1 Å². The van der Waals surface area contributed by atoms with E-state index in [1.807, 2.05) is 0 Å². The van der Waals surface area contributed by atoms with Crippen molar-refractivity contribution in [1.29, 1.82) is 0 Å². The summed E-state index contributed by atoms with van der Waals surface area (Å²) in [6, 6.07) is 9.89. The average Bonchev–Trinajstić information content (AvgIpc) is 3.30. The molecule has 0 unspecified atom stereocenters. The molecule has 11 heteroatoms. The molecule has 0 spiro atoms. The van der Waals surface area contributed by atoms with Crippen molar-refractivity contribution in [3.05, 3.63) is 63.6 Å². The van der Waals surface area contributed by atoms with Crippen LogP contribution in [0.25, 0.3) is 22.2 Å². The standard InChI is InChI=1S/C21H15ClN2O8/c1-10(25)30-17-9-16-11(7-14(17)22)6-13(21(29)31-16)15-3-2-12(23-15)8-20(28)32-24-18(26)4-5-19(24)27/h2-7,9,23,26-27H,8H2,1H3. The van der Waals surface area contributed by atoms with Crippen molar-refractivity contribution >= 4 is 34.5 Å². The third-order valence-corrected chi connectivity index (χ3v) is 4.70. The van der Waals surface area contributed by atoms with Gasteiger partial charge in [0.05, 0.1) is 22.7 Å². The van der Waals surface area contributed by atoms with Gasteiger partial charge in [-0.2, -0.15) is 0 Å². The molecule has 0 aliphatic carbocycles. The van der Waals surface area contributed by atoms with E-state index < -0.39 is 29.3 Å². The third kappa shape index (κ3) is 4.16. The zero-order chi connectivity index (χ0) is 23.0. The summed E-state index contributed by atoms with van der Waals surface area (Å²) in [6.45, 7) is 1.22. The summed E-state index contributed by atoms with van der Waals surface area (Å²) >= 11 is 6.13. The summed E-state index contributed by atoms with van der Waals surface area (Å²) in [5.74, 6) is -2.14. The minimum atomic E-state index is -0.768. The summed E-state index contributed by atoms with van der Waals surface area (Å²) < 4.78 is 10.9. The van der Waals surface area contributed by atoms with Gasteiger partial charge in [0.15, 0.2) is 5.75 Å². The monoisotopic (exact) mass is 458 g/mol. The minimum absolute atomic E-state index is 0.0722. The van der Waals surface area contributed by atoms with Crippen molar-refractivity contribution in [2.45, 2.75) is 13.3 Å². The Morgan fingerprint density at radius 3 is 2.53 bits per heavy atom. The maximum Gasteiger partial charge on any atom is 0.345 e. The number of rotatable bonds is 5. The number of halogens is 1. The van der Waals surface area contributed by atoms with Crippen LogP contribution >= 0.6 is 11.6 Å². The molecule has 32 heavy (non-hydrogen) atoms. The number of aromatic amines is 1. The molecular formula is C21H15ClN2O8. The predicted molar refractivity (Wildman–Crippen MR) is 112 cm³/mol. The maximum atomic E-state index is 12.5. The van der Waals surface area contributed by atoms with Crippen LogP contribution in [0.2, 0.25) is 5.02 Å². The molecule has 0 saturated heterocycles. The number of aromatic hydroxyl groups is 2. The number of hydrogen-bond donors (Lipinski definition) is 3. The van der Waals surface area contributed by atoms with Crippen molar-refractivity contribution in [3.63, 3.8) is 0 Å². The molecule has 4 rings (SSSR count). The second-order valence-electron chi connectivity index (χ2n) is 6.74. The fourth-order valence-corrected chi connectivity index (χ4v) is 3.24. The SMILES string of the molecule is CC(=O)Oc1cc2oc(=O)c(-c3ccc(CC(=O)On4c(O)ccc4O)[nH]3)cc2cc1Cl. The lowest BCUT2D eigenvalue weighted by molar-refractivity contribution is -0.144. The van der Waals surface area contributed by atoms with Crippen LogP contribution in [0.5, 0.6) is 17.5 Å². The Hall–Kier alpha value is -4.18. The van der Waals surface area contributed by atoms with Crippen LogP contribution in [-0.4, -0.2) is 31.9 Å². The second kappa shape index (κ2) is 8.16. The third-order valence-electron chi connectivity index (χ3n) is 4.40. The Morgan fingerprint density at radius 1 is 1.12 bits per heavy atom. The largest absolute Gasteiger partial charge is 0.492 e. The number of aromatic nitrogens is 2. The van der Waals surface area contributed by atoms with Gasteiger partial charge >= 0.3 is 17.6 Å². The lowest BCUT2D eigenvalue weighted by Crippen LogP contribution is -2.21. The molecule has 0 aliphatic heterocycles. The first-order chi connectivity index (χ1) is 15.2. The molecule has 0 aliphatic rings. The number of hydrogen-bond acceptors (Lipinski definition) is 8. The molecular weight excluding hydrogens is 444 g/mol. The zero-order valence-corrected chi connectivity index (χ0v) is 17.2.